The molecule has 0 amide bonds. The first-order valence-corrected chi connectivity index (χ1v) is 9.35. The second-order valence-electron chi connectivity index (χ2n) is 5.52. The largest absolute Gasteiger partial charge is 0.497 e. The smallest absolute Gasteiger partial charge is 0.307 e. The quantitative estimate of drug-likeness (QED) is 0.688. The Morgan fingerprint density at radius 3 is 2.30 bits per heavy atom. The van der Waals surface area contributed by atoms with Gasteiger partial charge in [0.2, 0.25) is 10.0 Å². The van der Waals surface area contributed by atoms with Crippen molar-refractivity contribution >= 4 is 16.0 Å². The number of hydrogen-bond donors (Lipinski definition) is 1. The molecule has 0 aliphatic carbocycles. The van der Waals surface area contributed by atoms with E-state index in [0.717, 1.165) is 0 Å². The van der Waals surface area contributed by atoms with Crippen LogP contribution in [0.2, 0.25) is 0 Å². The second-order valence-corrected chi connectivity index (χ2v) is 7.20. The molecule has 0 heterocycles. The van der Waals surface area contributed by atoms with Crippen LogP contribution in [0.4, 0.5) is 4.39 Å². The molecule has 0 saturated carbocycles. The van der Waals surface area contributed by atoms with Gasteiger partial charge in [-0.1, -0.05) is 12.1 Å². The highest BCUT2D eigenvalue weighted by Crippen LogP contribution is 2.30. The van der Waals surface area contributed by atoms with Crippen LogP contribution in [0.5, 0.6) is 11.5 Å². The van der Waals surface area contributed by atoms with Crippen molar-refractivity contribution < 1.29 is 31.8 Å². The molecule has 1 N–H and O–H groups in total. The van der Waals surface area contributed by atoms with Crippen molar-refractivity contribution in [1.82, 2.24) is 4.72 Å². The van der Waals surface area contributed by atoms with E-state index in [1.807, 2.05) is 0 Å². The molecule has 9 heteroatoms. The summed E-state index contributed by atoms with van der Waals surface area (Å²) in [4.78, 5) is 11.6. The third kappa shape index (κ3) is 5.18. The summed E-state index contributed by atoms with van der Waals surface area (Å²) in [7, 11) is -0.0924. The van der Waals surface area contributed by atoms with Crippen LogP contribution >= 0.6 is 0 Å². The number of halogens is 1. The van der Waals surface area contributed by atoms with Gasteiger partial charge >= 0.3 is 5.97 Å². The summed E-state index contributed by atoms with van der Waals surface area (Å²) in [6, 6.07) is 8.46. The maximum Gasteiger partial charge on any atom is 0.307 e. The molecule has 146 valence electrons. The summed E-state index contributed by atoms with van der Waals surface area (Å²) >= 11 is 0. The molecule has 0 fully saturated rings. The summed E-state index contributed by atoms with van der Waals surface area (Å²) in [5, 5.41) is 0. The minimum atomic E-state index is -4.07. The van der Waals surface area contributed by atoms with Crippen molar-refractivity contribution in [3.63, 3.8) is 0 Å². The molecule has 1 atom stereocenters. The molecule has 0 aromatic heterocycles. The van der Waals surface area contributed by atoms with Crippen LogP contribution in [0.15, 0.2) is 47.4 Å². The first-order chi connectivity index (χ1) is 12.8. The number of carbonyl (C=O) groups excluding carboxylic acids is 1. The second kappa shape index (κ2) is 8.83. The van der Waals surface area contributed by atoms with Gasteiger partial charge in [0.05, 0.1) is 33.8 Å². The third-order valence-corrected chi connectivity index (χ3v) is 5.34. The number of sulfonamides is 1. The maximum atomic E-state index is 13.2. The van der Waals surface area contributed by atoms with E-state index in [4.69, 9.17) is 9.47 Å². The Bertz CT molecular complexity index is 899. The standard InChI is InChI=1S/C18H20FNO6S/c1-24-14-8-9-17(16(10-14)25-2)27(22,23)20-15(11-18(21)26-3)12-4-6-13(19)7-5-12/h4-10,15,20H,11H2,1-3H3/t15-/m0/s1. The van der Waals surface area contributed by atoms with Gasteiger partial charge in [0.1, 0.15) is 22.2 Å². The Labute approximate surface area is 157 Å². The van der Waals surface area contributed by atoms with Gasteiger partial charge in [0.25, 0.3) is 0 Å². The average Bonchev–Trinajstić information content (AvgIpc) is 2.67. The normalized spacial score (nSPS) is 12.3. The van der Waals surface area contributed by atoms with Crippen molar-refractivity contribution in [1.29, 1.82) is 0 Å². The maximum absolute atomic E-state index is 13.2. The van der Waals surface area contributed by atoms with Gasteiger partial charge in [0, 0.05) is 6.07 Å². The van der Waals surface area contributed by atoms with Gasteiger partial charge in [0.15, 0.2) is 0 Å². The molecule has 0 radical (unpaired) electrons. The molecule has 2 rings (SSSR count). The van der Waals surface area contributed by atoms with Gasteiger partial charge < -0.3 is 14.2 Å². The molecule has 7 nitrogen and oxygen atoms in total. The van der Waals surface area contributed by atoms with E-state index in [0.29, 0.717) is 11.3 Å². The fraction of sp³-hybridized carbons (Fsp3) is 0.278. The van der Waals surface area contributed by atoms with Crippen LogP contribution in [0.25, 0.3) is 0 Å². The summed E-state index contributed by atoms with van der Waals surface area (Å²) in [6.07, 6.45) is -0.264. The molecule has 0 aliphatic rings. The van der Waals surface area contributed by atoms with Crippen molar-refractivity contribution in [3.05, 3.63) is 53.8 Å². The SMILES string of the molecule is COC(=O)C[C@H](NS(=O)(=O)c1ccc(OC)cc1OC)c1ccc(F)cc1. The van der Waals surface area contributed by atoms with Crippen LogP contribution < -0.4 is 14.2 Å². The molecular formula is C18H20FNO6S. The number of carbonyl (C=O) groups is 1. The fourth-order valence-corrected chi connectivity index (χ4v) is 3.80. The summed E-state index contributed by atoms with van der Waals surface area (Å²) in [5.41, 5.74) is 0.415. The topological polar surface area (TPSA) is 90.9 Å². The van der Waals surface area contributed by atoms with Gasteiger partial charge in [-0.2, -0.15) is 0 Å². The Morgan fingerprint density at radius 2 is 1.74 bits per heavy atom. The number of hydrogen-bond acceptors (Lipinski definition) is 6. The molecule has 0 spiro atoms. The van der Waals surface area contributed by atoms with E-state index < -0.39 is 27.9 Å². The first-order valence-electron chi connectivity index (χ1n) is 7.87. The third-order valence-electron chi connectivity index (χ3n) is 3.83. The van der Waals surface area contributed by atoms with Gasteiger partial charge in [-0.15, -0.1) is 0 Å². The lowest BCUT2D eigenvalue weighted by molar-refractivity contribution is -0.141. The van der Waals surface area contributed by atoms with Crippen molar-refractivity contribution in [3.8, 4) is 11.5 Å². The molecule has 0 bridgehead atoms. The average molecular weight is 397 g/mol. The molecule has 0 aliphatic heterocycles. The van der Waals surface area contributed by atoms with Crippen LogP contribution in [0.1, 0.15) is 18.0 Å². The van der Waals surface area contributed by atoms with Crippen molar-refractivity contribution in [2.45, 2.75) is 17.4 Å². The predicted molar refractivity (Wildman–Crippen MR) is 95.6 cm³/mol. The first kappa shape index (κ1) is 20.7. The highest BCUT2D eigenvalue weighted by molar-refractivity contribution is 7.89. The van der Waals surface area contributed by atoms with Crippen molar-refractivity contribution in [2.24, 2.45) is 0 Å². The van der Waals surface area contributed by atoms with Crippen LogP contribution in [0, 0.1) is 5.82 Å². The molecule has 0 unspecified atom stereocenters. The minimum absolute atomic E-state index is 0.0813. The molecule has 27 heavy (non-hydrogen) atoms. The van der Waals surface area contributed by atoms with E-state index >= 15 is 0 Å². The molecular weight excluding hydrogens is 377 g/mol. The Kier molecular flexibility index (Phi) is 6.75. The Morgan fingerprint density at radius 1 is 1.07 bits per heavy atom. The monoisotopic (exact) mass is 397 g/mol. The Balaban J connectivity index is 2.40. The van der Waals surface area contributed by atoms with Gasteiger partial charge in [-0.05, 0) is 29.8 Å². The zero-order valence-electron chi connectivity index (χ0n) is 15.1. The number of nitrogens with one attached hydrogen (secondary N) is 1. The van der Waals surface area contributed by atoms with Crippen LogP contribution in [0.3, 0.4) is 0 Å². The summed E-state index contributed by atoms with van der Waals surface area (Å²) in [6.45, 7) is 0. The van der Waals surface area contributed by atoms with Crippen LogP contribution in [-0.4, -0.2) is 35.7 Å². The molecule has 2 aromatic carbocycles. The number of benzene rings is 2. The van der Waals surface area contributed by atoms with E-state index in [2.05, 4.69) is 9.46 Å². The molecule has 2 aromatic rings. The zero-order valence-corrected chi connectivity index (χ0v) is 15.9. The molecule has 0 saturated heterocycles. The lowest BCUT2D eigenvalue weighted by Crippen LogP contribution is -2.31. The van der Waals surface area contributed by atoms with E-state index in [9.17, 15) is 17.6 Å². The predicted octanol–water partition coefficient (Wildman–Crippen LogP) is 2.43. The van der Waals surface area contributed by atoms with Crippen molar-refractivity contribution in [2.75, 3.05) is 21.3 Å². The minimum Gasteiger partial charge on any atom is -0.497 e. The number of rotatable bonds is 8. The van der Waals surface area contributed by atoms with Gasteiger partial charge in [-0.25, -0.2) is 17.5 Å². The Hall–Kier alpha value is -2.65. The zero-order chi connectivity index (χ0) is 20.0. The van der Waals surface area contributed by atoms with E-state index in [1.165, 1.54) is 63.8 Å². The number of methoxy groups -OCH3 is 3. The van der Waals surface area contributed by atoms with Crippen LogP contribution in [-0.2, 0) is 19.6 Å². The number of esters is 1. The fourth-order valence-electron chi connectivity index (χ4n) is 2.42. The summed E-state index contributed by atoms with van der Waals surface area (Å²) in [5.74, 6) is -0.586. The van der Waals surface area contributed by atoms with E-state index in [1.54, 1.807) is 0 Å². The number of ether oxygens (including phenoxy) is 3. The lowest BCUT2D eigenvalue weighted by atomic mass is 10.1. The van der Waals surface area contributed by atoms with E-state index in [-0.39, 0.29) is 17.1 Å². The summed E-state index contributed by atoms with van der Waals surface area (Å²) < 4.78 is 56.2. The highest BCUT2D eigenvalue weighted by Gasteiger charge is 2.27. The van der Waals surface area contributed by atoms with Gasteiger partial charge in [-0.3, -0.25) is 4.79 Å². The highest BCUT2D eigenvalue weighted by atomic mass is 32.2. The lowest BCUT2D eigenvalue weighted by Gasteiger charge is -2.19.